The van der Waals surface area contributed by atoms with Crippen LogP contribution in [0.15, 0.2) is 24.4 Å². The highest BCUT2D eigenvalue weighted by Gasteiger charge is 1.99. The van der Waals surface area contributed by atoms with Crippen molar-refractivity contribution in [1.82, 2.24) is 9.78 Å². The fourth-order valence-electron chi connectivity index (χ4n) is 1.38. The van der Waals surface area contributed by atoms with Crippen molar-refractivity contribution in [3.8, 4) is 0 Å². The standard InChI is InChI=1S/C10H13N3S/c1-14-5-4-13-7-8-2-3-9(11)6-10(8)12-13/h2-3,6-7H,4-5,11H2,1H3. The zero-order chi connectivity index (χ0) is 9.97. The molecule has 1 aromatic heterocycles. The van der Waals surface area contributed by atoms with Crippen molar-refractivity contribution in [2.45, 2.75) is 6.54 Å². The lowest BCUT2D eigenvalue weighted by Crippen LogP contribution is -1.99. The van der Waals surface area contributed by atoms with E-state index in [2.05, 4.69) is 17.6 Å². The smallest absolute Gasteiger partial charge is 0.0943 e. The van der Waals surface area contributed by atoms with E-state index in [-0.39, 0.29) is 0 Å². The van der Waals surface area contributed by atoms with Crippen molar-refractivity contribution < 1.29 is 0 Å². The van der Waals surface area contributed by atoms with E-state index in [1.165, 1.54) is 0 Å². The third kappa shape index (κ3) is 1.85. The molecular formula is C10H13N3S. The van der Waals surface area contributed by atoms with Crippen LogP contribution >= 0.6 is 11.8 Å². The van der Waals surface area contributed by atoms with Gasteiger partial charge in [-0.05, 0) is 24.5 Å². The molecule has 0 aliphatic rings. The Morgan fingerprint density at radius 3 is 3.14 bits per heavy atom. The summed E-state index contributed by atoms with van der Waals surface area (Å²) < 4.78 is 1.97. The average Bonchev–Trinajstić information content (AvgIpc) is 2.56. The lowest BCUT2D eigenvalue weighted by atomic mass is 10.2. The molecule has 0 amide bonds. The minimum Gasteiger partial charge on any atom is -0.399 e. The number of nitrogens with zero attached hydrogens (tertiary/aromatic N) is 2. The van der Waals surface area contributed by atoms with Gasteiger partial charge in [0.25, 0.3) is 0 Å². The van der Waals surface area contributed by atoms with E-state index < -0.39 is 0 Å². The Balaban J connectivity index is 2.32. The summed E-state index contributed by atoms with van der Waals surface area (Å²) >= 11 is 1.82. The molecule has 0 aliphatic carbocycles. The van der Waals surface area contributed by atoms with Crippen LogP contribution in [0.4, 0.5) is 5.69 Å². The van der Waals surface area contributed by atoms with Crippen LogP contribution in [0.25, 0.3) is 10.9 Å². The van der Waals surface area contributed by atoms with Gasteiger partial charge in [-0.3, -0.25) is 4.68 Å². The van der Waals surface area contributed by atoms with Gasteiger partial charge in [0.1, 0.15) is 0 Å². The molecule has 4 heteroatoms. The summed E-state index contributed by atoms with van der Waals surface area (Å²) in [4.78, 5) is 0. The molecule has 0 unspecified atom stereocenters. The summed E-state index contributed by atoms with van der Waals surface area (Å²) in [5, 5.41) is 5.59. The topological polar surface area (TPSA) is 43.8 Å². The van der Waals surface area contributed by atoms with Gasteiger partial charge in [-0.1, -0.05) is 0 Å². The zero-order valence-electron chi connectivity index (χ0n) is 8.10. The monoisotopic (exact) mass is 207 g/mol. The van der Waals surface area contributed by atoms with Crippen LogP contribution in [0.5, 0.6) is 0 Å². The molecule has 0 fully saturated rings. The van der Waals surface area contributed by atoms with E-state index in [0.717, 1.165) is 28.9 Å². The van der Waals surface area contributed by atoms with Crippen molar-refractivity contribution in [2.75, 3.05) is 17.7 Å². The van der Waals surface area contributed by atoms with E-state index in [4.69, 9.17) is 5.73 Å². The Kier molecular flexibility index (Phi) is 2.63. The molecule has 2 N–H and O–H groups in total. The molecule has 1 aromatic carbocycles. The third-order valence-electron chi connectivity index (χ3n) is 2.10. The number of anilines is 1. The van der Waals surface area contributed by atoms with Crippen molar-refractivity contribution in [3.63, 3.8) is 0 Å². The van der Waals surface area contributed by atoms with Crippen LogP contribution < -0.4 is 5.73 Å². The molecular weight excluding hydrogens is 194 g/mol. The van der Waals surface area contributed by atoms with Gasteiger partial charge >= 0.3 is 0 Å². The SMILES string of the molecule is CSCCn1cc2ccc(N)cc2n1. The zero-order valence-corrected chi connectivity index (χ0v) is 8.92. The van der Waals surface area contributed by atoms with Crippen LogP contribution in [0.1, 0.15) is 0 Å². The van der Waals surface area contributed by atoms with E-state index in [1.54, 1.807) is 0 Å². The van der Waals surface area contributed by atoms with E-state index in [0.29, 0.717) is 0 Å². The fourth-order valence-corrected chi connectivity index (χ4v) is 1.75. The van der Waals surface area contributed by atoms with Crippen LogP contribution in [0, 0.1) is 0 Å². The van der Waals surface area contributed by atoms with Gasteiger partial charge in [0.15, 0.2) is 0 Å². The van der Waals surface area contributed by atoms with Gasteiger partial charge < -0.3 is 5.73 Å². The second kappa shape index (κ2) is 3.92. The molecule has 1 heterocycles. The number of fused-ring (bicyclic) bond motifs is 1. The Morgan fingerprint density at radius 2 is 2.36 bits per heavy atom. The first kappa shape index (κ1) is 9.40. The summed E-state index contributed by atoms with van der Waals surface area (Å²) in [7, 11) is 0. The number of rotatable bonds is 3. The average molecular weight is 207 g/mol. The first-order valence-corrected chi connectivity index (χ1v) is 5.90. The molecule has 14 heavy (non-hydrogen) atoms. The second-order valence-corrected chi connectivity index (χ2v) is 4.19. The molecule has 2 rings (SSSR count). The Bertz CT molecular complexity index is 436. The molecule has 0 aliphatic heterocycles. The summed E-state index contributed by atoms with van der Waals surface area (Å²) in [6.07, 6.45) is 4.16. The van der Waals surface area contributed by atoms with Gasteiger partial charge in [0, 0.05) is 29.6 Å². The summed E-state index contributed by atoms with van der Waals surface area (Å²) in [5.41, 5.74) is 7.43. The molecule has 0 saturated heterocycles. The van der Waals surface area contributed by atoms with Crippen LogP contribution in [0.3, 0.4) is 0 Å². The number of aromatic nitrogens is 2. The lowest BCUT2D eigenvalue weighted by Gasteiger charge is -1.96. The van der Waals surface area contributed by atoms with Crippen molar-refractivity contribution in [2.24, 2.45) is 0 Å². The molecule has 0 radical (unpaired) electrons. The first-order chi connectivity index (χ1) is 6.79. The Hall–Kier alpha value is -1.16. The highest BCUT2D eigenvalue weighted by Crippen LogP contribution is 2.15. The van der Waals surface area contributed by atoms with Crippen molar-refractivity contribution >= 4 is 28.4 Å². The number of hydrogen-bond acceptors (Lipinski definition) is 3. The highest BCUT2D eigenvalue weighted by atomic mass is 32.2. The van der Waals surface area contributed by atoms with Gasteiger partial charge in [-0.15, -0.1) is 0 Å². The largest absolute Gasteiger partial charge is 0.399 e. The Labute approximate surface area is 87.3 Å². The number of hydrogen-bond donors (Lipinski definition) is 1. The minimum atomic E-state index is 0.771. The number of nitrogens with two attached hydrogens (primary N) is 1. The summed E-state index contributed by atoms with van der Waals surface area (Å²) in [6.45, 7) is 0.954. The number of nitrogen functional groups attached to an aromatic ring is 1. The maximum absolute atomic E-state index is 5.68. The third-order valence-corrected chi connectivity index (χ3v) is 2.69. The molecule has 0 atom stereocenters. The van der Waals surface area contributed by atoms with Gasteiger partial charge in [0.2, 0.25) is 0 Å². The summed E-state index contributed by atoms with van der Waals surface area (Å²) in [5.74, 6) is 1.09. The number of benzene rings is 1. The number of thioether (sulfide) groups is 1. The first-order valence-electron chi connectivity index (χ1n) is 4.51. The molecule has 0 bridgehead atoms. The van der Waals surface area contributed by atoms with Crippen LogP contribution in [-0.2, 0) is 6.54 Å². The van der Waals surface area contributed by atoms with E-state index in [1.807, 2.05) is 34.6 Å². The molecule has 3 nitrogen and oxygen atoms in total. The quantitative estimate of drug-likeness (QED) is 0.783. The van der Waals surface area contributed by atoms with Crippen molar-refractivity contribution in [3.05, 3.63) is 24.4 Å². The predicted molar refractivity (Wildman–Crippen MR) is 62.5 cm³/mol. The van der Waals surface area contributed by atoms with E-state index in [9.17, 15) is 0 Å². The van der Waals surface area contributed by atoms with Crippen LogP contribution in [0.2, 0.25) is 0 Å². The Morgan fingerprint density at radius 1 is 1.50 bits per heavy atom. The molecule has 0 spiro atoms. The molecule has 2 aromatic rings. The summed E-state index contributed by atoms with van der Waals surface area (Å²) in [6, 6.07) is 5.82. The number of aryl methyl sites for hydroxylation is 1. The van der Waals surface area contributed by atoms with Gasteiger partial charge in [0.05, 0.1) is 5.52 Å². The highest BCUT2D eigenvalue weighted by molar-refractivity contribution is 7.98. The van der Waals surface area contributed by atoms with Crippen LogP contribution in [-0.4, -0.2) is 21.8 Å². The predicted octanol–water partition coefficient (Wildman–Crippen LogP) is 1.98. The maximum atomic E-state index is 5.68. The normalized spacial score (nSPS) is 10.9. The fraction of sp³-hybridized carbons (Fsp3) is 0.300. The van der Waals surface area contributed by atoms with E-state index >= 15 is 0 Å². The lowest BCUT2D eigenvalue weighted by molar-refractivity contribution is 0.675. The maximum Gasteiger partial charge on any atom is 0.0943 e. The molecule has 74 valence electrons. The second-order valence-electron chi connectivity index (χ2n) is 3.20. The van der Waals surface area contributed by atoms with Gasteiger partial charge in [-0.2, -0.15) is 16.9 Å². The van der Waals surface area contributed by atoms with Gasteiger partial charge in [-0.25, -0.2) is 0 Å². The molecule has 0 saturated carbocycles. The van der Waals surface area contributed by atoms with Crippen molar-refractivity contribution in [1.29, 1.82) is 0 Å². The minimum absolute atomic E-state index is 0.771.